The number of para-hydroxylation sites is 1. The summed E-state index contributed by atoms with van der Waals surface area (Å²) in [7, 11) is 1.44. The summed E-state index contributed by atoms with van der Waals surface area (Å²) < 4.78 is 5.33. The number of hydrogen-bond acceptors (Lipinski definition) is 6. The molecular weight excluding hydrogens is 526 g/mol. The molecule has 0 fully saturated rings. The number of ether oxygens (including phenoxy) is 1. The second-order valence-corrected chi connectivity index (χ2v) is 9.54. The largest absolute Gasteiger partial charge is 0.508 e. The molecule has 0 bridgehead atoms. The quantitative estimate of drug-likeness (QED) is 0.151. The zero-order chi connectivity index (χ0) is 28.3. The van der Waals surface area contributed by atoms with E-state index in [0.717, 1.165) is 10.6 Å². The van der Waals surface area contributed by atoms with Gasteiger partial charge in [-0.05, 0) is 60.7 Å². The van der Waals surface area contributed by atoms with E-state index in [1.165, 1.54) is 37.1 Å². The molecule has 40 heavy (non-hydrogen) atoms. The molecule has 3 amide bonds. The number of hydrogen-bond donors (Lipinski definition) is 4. The average molecular weight is 554 g/mol. The summed E-state index contributed by atoms with van der Waals surface area (Å²) in [4.78, 5) is 39.4. The van der Waals surface area contributed by atoms with Crippen molar-refractivity contribution in [3.05, 3.63) is 120 Å². The van der Waals surface area contributed by atoms with E-state index in [1.807, 2.05) is 36.4 Å². The first-order valence-corrected chi connectivity index (χ1v) is 13.2. The summed E-state index contributed by atoms with van der Waals surface area (Å²) in [6.45, 7) is 0. The van der Waals surface area contributed by atoms with E-state index in [-0.39, 0.29) is 23.1 Å². The molecule has 0 spiro atoms. The fraction of sp³-hybridized carbons (Fsp3) is 0.0645. The van der Waals surface area contributed by atoms with Gasteiger partial charge in [0, 0.05) is 33.5 Å². The van der Waals surface area contributed by atoms with E-state index >= 15 is 0 Å². The van der Waals surface area contributed by atoms with Gasteiger partial charge in [-0.3, -0.25) is 14.4 Å². The van der Waals surface area contributed by atoms with Crippen LogP contribution in [-0.2, 0) is 9.59 Å². The topological polar surface area (TPSA) is 117 Å². The number of anilines is 2. The Morgan fingerprint density at radius 1 is 0.825 bits per heavy atom. The third-order valence-electron chi connectivity index (χ3n) is 5.57. The normalized spacial score (nSPS) is 10.9. The van der Waals surface area contributed by atoms with Gasteiger partial charge in [-0.15, -0.1) is 11.8 Å². The maximum atomic E-state index is 13.4. The van der Waals surface area contributed by atoms with Crippen LogP contribution >= 0.6 is 11.8 Å². The molecule has 4 aromatic rings. The maximum Gasteiger partial charge on any atom is 0.272 e. The first kappa shape index (κ1) is 28.0. The fourth-order valence-corrected chi connectivity index (χ4v) is 4.40. The number of phenolic OH excluding ortho intramolecular Hbond substituents is 1. The minimum atomic E-state index is -0.566. The predicted octanol–water partition coefficient (Wildman–Crippen LogP) is 5.54. The summed E-state index contributed by atoms with van der Waals surface area (Å²) in [5, 5.41) is 18.1. The lowest BCUT2D eigenvalue weighted by Crippen LogP contribution is -2.30. The van der Waals surface area contributed by atoms with Crippen LogP contribution in [0, 0.1) is 0 Å². The molecule has 0 heterocycles. The number of carbonyl (C=O) groups is 3. The summed E-state index contributed by atoms with van der Waals surface area (Å²) in [5.41, 5.74) is 2.03. The Kier molecular flexibility index (Phi) is 9.58. The first-order chi connectivity index (χ1) is 19.4. The number of amides is 3. The lowest BCUT2D eigenvalue weighted by Gasteiger charge is -2.13. The van der Waals surface area contributed by atoms with Crippen molar-refractivity contribution in [1.29, 1.82) is 0 Å². The molecule has 8 nitrogen and oxygen atoms in total. The number of carbonyl (C=O) groups excluding carboxylic acids is 3. The van der Waals surface area contributed by atoms with E-state index in [0.29, 0.717) is 22.6 Å². The fourth-order valence-electron chi connectivity index (χ4n) is 3.65. The van der Waals surface area contributed by atoms with Crippen molar-refractivity contribution in [2.24, 2.45) is 0 Å². The van der Waals surface area contributed by atoms with Crippen molar-refractivity contribution < 1.29 is 24.2 Å². The van der Waals surface area contributed by atoms with Gasteiger partial charge in [-0.25, -0.2) is 0 Å². The predicted molar refractivity (Wildman–Crippen MR) is 157 cm³/mol. The van der Waals surface area contributed by atoms with Crippen LogP contribution in [0.4, 0.5) is 11.4 Å². The van der Waals surface area contributed by atoms with Crippen LogP contribution < -0.4 is 20.7 Å². The standard InChI is InChI=1S/C31H27N3O5S/c1-39-28-19-25(35)16-15-22(28)17-27(34-30(37)21-9-4-2-5-10-21)31(38)33-24-13-8-14-26(18-24)40-20-29(36)32-23-11-6-3-7-12-23/h2-19,35H,20H2,1H3,(H,32,36)(H,33,38)(H,34,37)/b27-17+. The Labute approximate surface area is 236 Å². The van der Waals surface area contributed by atoms with Gasteiger partial charge >= 0.3 is 0 Å². The Morgan fingerprint density at radius 3 is 2.25 bits per heavy atom. The summed E-state index contributed by atoms with van der Waals surface area (Å²) in [6.07, 6.45) is 1.47. The molecule has 0 unspecified atom stereocenters. The second-order valence-electron chi connectivity index (χ2n) is 8.49. The van der Waals surface area contributed by atoms with Gasteiger partial charge in [-0.2, -0.15) is 0 Å². The van der Waals surface area contributed by atoms with Crippen LogP contribution in [0.15, 0.2) is 114 Å². The van der Waals surface area contributed by atoms with Crippen molar-refractivity contribution in [2.75, 3.05) is 23.5 Å². The van der Waals surface area contributed by atoms with Gasteiger partial charge in [0.1, 0.15) is 17.2 Å². The molecule has 4 N–H and O–H groups in total. The average Bonchev–Trinajstić information content (AvgIpc) is 2.97. The molecule has 0 atom stereocenters. The lowest BCUT2D eigenvalue weighted by molar-refractivity contribution is -0.114. The highest BCUT2D eigenvalue weighted by Gasteiger charge is 2.17. The highest BCUT2D eigenvalue weighted by Crippen LogP contribution is 2.26. The molecule has 0 radical (unpaired) electrons. The minimum Gasteiger partial charge on any atom is -0.508 e. The SMILES string of the molecule is COc1cc(O)ccc1/C=C(/NC(=O)c1ccccc1)C(=O)Nc1cccc(SCC(=O)Nc2ccccc2)c1. The monoisotopic (exact) mass is 553 g/mol. The maximum absolute atomic E-state index is 13.4. The molecule has 4 rings (SSSR count). The Bertz CT molecular complexity index is 1520. The lowest BCUT2D eigenvalue weighted by atomic mass is 10.1. The van der Waals surface area contributed by atoms with Crippen molar-refractivity contribution in [3.8, 4) is 11.5 Å². The highest BCUT2D eigenvalue weighted by atomic mass is 32.2. The Balaban J connectivity index is 1.50. The highest BCUT2D eigenvalue weighted by molar-refractivity contribution is 8.00. The first-order valence-electron chi connectivity index (χ1n) is 12.3. The van der Waals surface area contributed by atoms with Crippen molar-refractivity contribution in [3.63, 3.8) is 0 Å². The summed E-state index contributed by atoms with van der Waals surface area (Å²) in [6, 6.07) is 29.2. The minimum absolute atomic E-state index is 0.0000812. The van der Waals surface area contributed by atoms with Crippen LogP contribution in [0.1, 0.15) is 15.9 Å². The number of aromatic hydroxyl groups is 1. The van der Waals surface area contributed by atoms with E-state index < -0.39 is 11.8 Å². The number of phenols is 1. The van der Waals surface area contributed by atoms with Gasteiger partial charge < -0.3 is 25.8 Å². The van der Waals surface area contributed by atoms with Crippen LogP contribution in [0.5, 0.6) is 11.5 Å². The van der Waals surface area contributed by atoms with Gasteiger partial charge in [0.15, 0.2) is 0 Å². The Hall–Kier alpha value is -5.02. The molecular formula is C31H27N3O5S. The van der Waals surface area contributed by atoms with E-state index in [9.17, 15) is 19.5 Å². The molecule has 0 aliphatic heterocycles. The summed E-state index contributed by atoms with van der Waals surface area (Å²) >= 11 is 1.33. The van der Waals surface area contributed by atoms with E-state index in [1.54, 1.807) is 54.6 Å². The third-order valence-corrected chi connectivity index (χ3v) is 6.56. The molecule has 0 aliphatic rings. The number of methoxy groups -OCH3 is 1. The van der Waals surface area contributed by atoms with Crippen molar-refractivity contribution in [1.82, 2.24) is 5.32 Å². The molecule has 0 saturated heterocycles. The third kappa shape index (κ3) is 7.99. The molecule has 9 heteroatoms. The Morgan fingerprint density at radius 2 is 1.52 bits per heavy atom. The van der Waals surface area contributed by atoms with Gasteiger partial charge in [-0.1, -0.05) is 42.5 Å². The molecule has 0 saturated carbocycles. The zero-order valence-electron chi connectivity index (χ0n) is 21.6. The molecule has 0 aliphatic carbocycles. The zero-order valence-corrected chi connectivity index (χ0v) is 22.4. The number of rotatable bonds is 10. The van der Waals surface area contributed by atoms with Gasteiger partial charge in [0.2, 0.25) is 5.91 Å². The van der Waals surface area contributed by atoms with Crippen molar-refractivity contribution >= 4 is 46.9 Å². The van der Waals surface area contributed by atoms with Gasteiger partial charge in [0.25, 0.3) is 11.8 Å². The van der Waals surface area contributed by atoms with Crippen LogP contribution in [0.2, 0.25) is 0 Å². The van der Waals surface area contributed by atoms with Crippen molar-refractivity contribution in [2.45, 2.75) is 4.90 Å². The van der Waals surface area contributed by atoms with Crippen LogP contribution in [0.25, 0.3) is 6.08 Å². The van der Waals surface area contributed by atoms with E-state index in [2.05, 4.69) is 16.0 Å². The second kappa shape index (κ2) is 13.7. The van der Waals surface area contributed by atoms with Gasteiger partial charge in [0.05, 0.1) is 12.9 Å². The number of nitrogens with one attached hydrogen (secondary N) is 3. The van der Waals surface area contributed by atoms with Crippen LogP contribution in [-0.4, -0.2) is 35.7 Å². The van der Waals surface area contributed by atoms with Crippen LogP contribution in [0.3, 0.4) is 0 Å². The molecule has 202 valence electrons. The smallest absolute Gasteiger partial charge is 0.272 e. The number of thioether (sulfide) groups is 1. The van der Waals surface area contributed by atoms with E-state index in [4.69, 9.17) is 4.74 Å². The summed E-state index contributed by atoms with van der Waals surface area (Å²) in [5.74, 6) is -0.670. The molecule has 0 aromatic heterocycles. The molecule has 4 aromatic carbocycles. The number of benzene rings is 4.